The SMILES string of the molecule is OC1(CN2CCN(CC3(O)C4C5CC6C7C5CC4C7C63)CC2)C2C3CC4C5C3CC2C5C41. The maximum Gasteiger partial charge on any atom is 0.0841 e. The first kappa shape index (κ1) is 17.3. The molecule has 1 heterocycles. The highest BCUT2D eigenvalue weighted by Crippen LogP contribution is 2.86. The summed E-state index contributed by atoms with van der Waals surface area (Å²) in [6.45, 7) is 6.35. The number of hydrogen-bond donors (Lipinski definition) is 2. The van der Waals surface area contributed by atoms with Crippen molar-refractivity contribution in [2.24, 2.45) is 94.7 Å². The van der Waals surface area contributed by atoms with Gasteiger partial charge in [-0.25, -0.2) is 0 Å². The zero-order valence-corrected chi connectivity index (χ0v) is 19.1. The number of hydrogen-bond acceptors (Lipinski definition) is 4. The van der Waals surface area contributed by atoms with Crippen molar-refractivity contribution in [3.8, 4) is 0 Å². The fourth-order valence-corrected chi connectivity index (χ4v) is 15.7. The molecule has 1 saturated heterocycles. The molecule has 0 aromatic carbocycles. The van der Waals surface area contributed by atoms with Crippen LogP contribution in [0, 0.1) is 94.7 Å². The van der Waals surface area contributed by atoms with Crippen LogP contribution >= 0.6 is 0 Å². The van der Waals surface area contributed by atoms with Gasteiger partial charge in [0.1, 0.15) is 0 Å². The summed E-state index contributed by atoms with van der Waals surface area (Å²) in [5.74, 6) is 13.9. The van der Waals surface area contributed by atoms with Gasteiger partial charge in [-0.2, -0.15) is 0 Å². The van der Waals surface area contributed by atoms with E-state index >= 15 is 0 Å². The lowest BCUT2D eigenvalue weighted by atomic mass is 9.56. The molecule has 11 fully saturated rings. The fraction of sp³-hybridized carbons (Fsp3) is 1.00. The minimum Gasteiger partial charge on any atom is -0.388 e. The molecule has 10 saturated carbocycles. The van der Waals surface area contributed by atoms with Crippen LogP contribution in [0.15, 0.2) is 0 Å². The van der Waals surface area contributed by atoms with E-state index in [-0.39, 0.29) is 11.2 Å². The van der Waals surface area contributed by atoms with Crippen LogP contribution in [0.1, 0.15) is 25.7 Å². The largest absolute Gasteiger partial charge is 0.388 e. The van der Waals surface area contributed by atoms with Gasteiger partial charge in [0.2, 0.25) is 0 Å². The lowest BCUT2D eigenvalue weighted by molar-refractivity contribution is -0.155. The van der Waals surface area contributed by atoms with Crippen molar-refractivity contribution >= 4 is 0 Å². The molecular weight excluding hydrogens is 396 g/mol. The Morgan fingerprint density at radius 2 is 0.844 bits per heavy atom. The quantitative estimate of drug-likeness (QED) is 0.706. The summed E-state index contributed by atoms with van der Waals surface area (Å²) in [4.78, 5) is 5.26. The Kier molecular flexibility index (Phi) is 2.58. The van der Waals surface area contributed by atoms with Crippen LogP contribution in [0.2, 0.25) is 0 Å². The molecule has 1 aliphatic heterocycles. The molecule has 4 heteroatoms. The normalized spacial score (nSPS) is 76.3. The van der Waals surface area contributed by atoms with Crippen molar-refractivity contribution < 1.29 is 10.2 Å². The first-order valence-corrected chi connectivity index (χ1v) is 14.5. The number of rotatable bonds is 4. The third kappa shape index (κ3) is 1.43. The van der Waals surface area contributed by atoms with Crippen molar-refractivity contribution in [2.75, 3.05) is 39.3 Å². The molecule has 18 unspecified atom stereocenters. The van der Waals surface area contributed by atoms with Crippen LogP contribution in [0.5, 0.6) is 0 Å². The summed E-state index contributed by atoms with van der Waals surface area (Å²) in [5, 5.41) is 24.1. The molecule has 32 heavy (non-hydrogen) atoms. The van der Waals surface area contributed by atoms with Gasteiger partial charge in [0, 0.05) is 39.3 Å². The Bertz CT molecular complexity index is 875. The summed E-state index contributed by atoms with van der Waals surface area (Å²) in [6.07, 6.45) is 5.89. The van der Waals surface area contributed by atoms with Crippen molar-refractivity contribution in [1.82, 2.24) is 9.80 Å². The van der Waals surface area contributed by atoms with Crippen LogP contribution < -0.4 is 0 Å². The van der Waals surface area contributed by atoms with Gasteiger partial charge < -0.3 is 10.2 Å². The van der Waals surface area contributed by atoms with E-state index < -0.39 is 0 Å². The summed E-state index contributed by atoms with van der Waals surface area (Å²) >= 11 is 0. The zero-order valence-electron chi connectivity index (χ0n) is 19.1. The van der Waals surface area contributed by atoms with Gasteiger partial charge in [-0.1, -0.05) is 0 Å². The summed E-state index contributed by atoms with van der Waals surface area (Å²) < 4.78 is 0. The summed E-state index contributed by atoms with van der Waals surface area (Å²) in [6, 6.07) is 0. The summed E-state index contributed by atoms with van der Waals surface area (Å²) in [7, 11) is 0. The molecule has 0 radical (unpaired) electrons. The van der Waals surface area contributed by atoms with Gasteiger partial charge in [-0.05, 0) is 120 Å². The van der Waals surface area contributed by atoms with Crippen molar-refractivity contribution in [2.45, 2.75) is 36.9 Å². The van der Waals surface area contributed by atoms with E-state index in [1.54, 1.807) is 0 Å². The lowest BCUT2D eigenvalue weighted by Crippen LogP contribution is -2.63. The van der Waals surface area contributed by atoms with Crippen LogP contribution in [-0.4, -0.2) is 70.5 Å². The second-order valence-corrected chi connectivity index (χ2v) is 15.2. The third-order valence-corrected chi connectivity index (χ3v) is 15.5. The van der Waals surface area contributed by atoms with Crippen LogP contribution in [0.3, 0.4) is 0 Å². The van der Waals surface area contributed by atoms with Crippen molar-refractivity contribution in [3.63, 3.8) is 0 Å². The van der Waals surface area contributed by atoms with Gasteiger partial charge in [-0.15, -0.1) is 0 Å². The lowest BCUT2D eigenvalue weighted by Gasteiger charge is -2.54. The van der Waals surface area contributed by atoms with E-state index in [0.717, 1.165) is 110 Å². The first-order chi connectivity index (χ1) is 15.6. The maximum atomic E-state index is 12.1. The van der Waals surface area contributed by atoms with Crippen molar-refractivity contribution in [1.29, 1.82) is 0 Å². The van der Waals surface area contributed by atoms with E-state index in [1.807, 2.05) is 0 Å². The average Bonchev–Trinajstić information content (AvgIpc) is 3.45. The highest BCUT2D eigenvalue weighted by atomic mass is 16.3. The van der Waals surface area contributed by atoms with E-state index in [9.17, 15) is 10.2 Å². The molecule has 11 rings (SSSR count). The molecule has 18 atom stereocenters. The maximum absolute atomic E-state index is 12.1. The second-order valence-electron chi connectivity index (χ2n) is 15.2. The van der Waals surface area contributed by atoms with E-state index in [2.05, 4.69) is 9.80 Å². The van der Waals surface area contributed by atoms with Crippen LogP contribution in [-0.2, 0) is 0 Å². The Morgan fingerprint density at radius 3 is 1.28 bits per heavy atom. The van der Waals surface area contributed by atoms with Gasteiger partial charge >= 0.3 is 0 Å². The topological polar surface area (TPSA) is 46.9 Å². The minimum atomic E-state index is -0.350. The average molecular weight is 435 g/mol. The van der Waals surface area contributed by atoms with Crippen LogP contribution in [0.4, 0.5) is 0 Å². The standard InChI is InChI=1S/C28H38N2O2/c31-27(23-13-7-15-19-11(13)5-17(23)21(19)25(15)27)9-29-1-2-30(4-3-29)10-28(32)24-14-8-16-20-12(14)6-18(24)22(20)26(16)28/h11-26,31-32H,1-10H2. The monoisotopic (exact) mass is 434 g/mol. The number of fused-ring (bicyclic) bond motifs is 4. The highest BCUT2D eigenvalue weighted by molar-refractivity contribution is 5.34. The molecular formula is C28H38N2O2. The van der Waals surface area contributed by atoms with Crippen LogP contribution in [0.25, 0.3) is 0 Å². The Labute approximate surface area is 191 Å². The Balaban J connectivity index is 0.815. The van der Waals surface area contributed by atoms with Gasteiger partial charge in [0.25, 0.3) is 0 Å². The van der Waals surface area contributed by atoms with Gasteiger partial charge in [-0.3, -0.25) is 9.80 Å². The predicted molar refractivity (Wildman–Crippen MR) is 117 cm³/mol. The van der Waals surface area contributed by atoms with E-state index in [1.165, 1.54) is 25.7 Å². The fourth-order valence-electron chi connectivity index (χ4n) is 15.7. The van der Waals surface area contributed by atoms with Crippen molar-refractivity contribution in [3.05, 3.63) is 0 Å². The molecule has 0 amide bonds. The van der Waals surface area contributed by atoms with Gasteiger partial charge in [0.15, 0.2) is 0 Å². The number of aliphatic hydroxyl groups is 2. The molecule has 0 aromatic rings. The Hall–Kier alpha value is -0.160. The highest BCUT2D eigenvalue weighted by Gasteiger charge is 2.85. The number of β-amino-alcohol motifs (C(OH)–C–C–N with tert-alkyl or cyclic N) is 2. The molecule has 10 aliphatic carbocycles. The molecule has 0 aromatic heterocycles. The predicted octanol–water partition coefficient (Wildman–Crippen LogP) is 1.62. The Morgan fingerprint density at radius 1 is 0.469 bits per heavy atom. The number of piperazine rings is 1. The smallest absolute Gasteiger partial charge is 0.0841 e. The molecule has 4 nitrogen and oxygen atoms in total. The summed E-state index contributed by atoms with van der Waals surface area (Å²) in [5.41, 5.74) is -0.701. The molecule has 2 N–H and O–H groups in total. The third-order valence-electron chi connectivity index (χ3n) is 15.5. The van der Waals surface area contributed by atoms with E-state index in [0.29, 0.717) is 23.7 Å². The van der Waals surface area contributed by atoms with E-state index in [4.69, 9.17) is 0 Å². The first-order valence-electron chi connectivity index (χ1n) is 14.5. The minimum absolute atomic E-state index is 0.350. The zero-order chi connectivity index (χ0) is 20.5. The second kappa shape index (κ2) is 4.77. The molecule has 11 aliphatic rings. The molecule has 172 valence electrons. The van der Waals surface area contributed by atoms with Gasteiger partial charge in [0.05, 0.1) is 11.2 Å². The molecule has 0 spiro atoms. The molecule has 4 bridgehead atoms. The number of nitrogens with zero attached hydrogens (tertiary/aromatic N) is 2.